The second kappa shape index (κ2) is 4.35. The number of fused-ring (bicyclic) bond motifs is 3. The summed E-state index contributed by atoms with van der Waals surface area (Å²) in [5, 5.41) is 0. The smallest absolute Gasteiger partial charge is 0.0737 e. The van der Waals surface area contributed by atoms with Crippen LogP contribution in [0.15, 0.2) is 48.5 Å². The molecule has 2 aromatic rings. The first-order chi connectivity index (χ1) is 7.45. The highest BCUT2D eigenvalue weighted by Crippen LogP contribution is 2.18. The normalized spacial score (nSPS) is 10.5. The third kappa shape index (κ3) is 1.70. The molecule has 0 saturated carbocycles. The molecule has 73 valence electrons. The molecule has 0 saturated heterocycles. The summed E-state index contributed by atoms with van der Waals surface area (Å²) in [5.41, 5.74) is 5.39. The molecule has 0 aliphatic carbocycles. The summed E-state index contributed by atoms with van der Waals surface area (Å²) in [6, 6.07) is 17.0. The van der Waals surface area contributed by atoms with Crippen molar-refractivity contribution in [2.24, 2.45) is 0 Å². The topological polar surface area (TPSA) is 0 Å². The van der Waals surface area contributed by atoms with Gasteiger partial charge in [-0.2, -0.15) is 0 Å². The monoisotopic (exact) mass is 193 g/mol. The molecule has 3 rings (SSSR count). The lowest BCUT2D eigenvalue weighted by Crippen LogP contribution is -2.20. The van der Waals surface area contributed by atoms with E-state index in [1.165, 1.54) is 22.1 Å². The van der Waals surface area contributed by atoms with Gasteiger partial charge in [0.1, 0.15) is 0 Å². The zero-order chi connectivity index (χ0) is 10.7. The van der Waals surface area contributed by atoms with Crippen LogP contribution < -0.4 is 10.9 Å². The van der Waals surface area contributed by atoms with Gasteiger partial charge in [0, 0.05) is 0 Å². The van der Waals surface area contributed by atoms with Crippen LogP contribution >= 0.6 is 0 Å². The summed E-state index contributed by atoms with van der Waals surface area (Å²) in [4.78, 5) is 0. The average Bonchev–Trinajstić information content (AvgIpc) is 2.70. The highest BCUT2D eigenvalue weighted by Gasteiger charge is 2.17. The van der Waals surface area contributed by atoms with Crippen LogP contribution in [0.4, 0.5) is 0 Å². The van der Waals surface area contributed by atoms with Gasteiger partial charge in [-0.15, -0.1) is 0 Å². The molecule has 0 spiro atoms. The largest absolute Gasteiger partial charge is 0.193 e. The second-order valence-corrected chi connectivity index (χ2v) is 3.32. The van der Waals surface area contributed by atoms with Crippen molar-refractivity contribution < 1.29 is 0 Å². The van der Waals surface area contributed by atoms with Crippen molar-refractivity contribution in [2.45, 2.75) is 13.8 Å². The van der Waals surface area contributed by atoms with E-state index in [9.17, 15) is 0 Å². The number of hydrogen-bond acceptors (Lipinski definition) is 0. The van der Waals surface area contributed by atoms with Crippen molar-refractivity contribution in [1.82, 2.24) is 0 Å². The zero-order valence-electron chi connectivity index (χ0n) is 9.20. The van der Waals surface area contributed by atoms with Gasteiger partial charge < -0.3 is 0 Å². The molecule has 2 aromatic carbocycles. The minimum Gasteiger partial charge on any atom is -0.0737 e. The van der Waals surface area contributed by atoms with E-state index in [-0.39, 0.29) is 0 Å². The molecule has 1 heteroatoms. The third-order valence-electron chi connectivity index (χ3n) is 2.52. The van der Waals surface area contributed by atoms with Crippen molar-refractivity contribution in [3.05, 3.63) is 48.5 Å². The minimum absolute atomic E-state index is 1.34. The van der Waals surface area contributed by atoms with Crippen molar-refractivity contribution in [2.75, 3.05) is 0 Å². The Balaban J connectivity index is 0.000000404. The summed E-state index contributed by atoms with van der Waals surface area (Å²) in [6.45, 7) is 4.00. The molecule has 0 nitrogen and oxygen atoms in total. The standard InChI is InChI=1S/C12H8B.C2H6/c1-3-7-11-9(5-1)10-6-2-4-8-12(10)13-11;1-2/h1-8H;1-2H3. The van der Waals surface area contributed by atoms with Crippen molar-refractivity contribution in [3.63, 3.8) is 0 Å². The SMILES string of the molecule is CC.[B]1c2ccccc2-c2ccccc21. The fraction of sp³-hybridized carbons (Fsp3) is 0.143. The molecule has 0 bridgehead atoms. The van der Waals surface area contributed by atoms with Crippen LogP contribution in [-0.2, 0) is 0 Å². The quantitative estimate of drug-likeness (QED) is 0.480. The van der Waals surface area contributed by atoms with Gasteiger partial charge in [-0.25, -0.2) is 0 Å². The van der Waals surface area contributed by atoms with Gasteiger partial charge in [0.05, 0.1) is 0 Å². The van der Waals surface area contributed by atoms with Gasteiger partial charge in [0.15, 0.2) is 7.28 Å². The van der Waals surface area contributed by atoms with Gasteiger partial charge in [-0.05, 0) is 11.1 Å². The van der Waals surface area contributed by atoms with Crippen molar-refractivity contribution in [3.8, 4) is 11.1 Å². The number of benzene rings is 2. The molecular formula is C14H14B. The van der Waals surface area contributed by atoms with E-state index in [4.69, 9.17) is 0 Å². The minimum atomic E-state index is 1.34. The first kappa shape index (κ1) is 10.0. The molecule has 15 heavy (non-hydrogen) atoms. The van der Waals surface area contributed by atoms with E-state index < -0.39 is 0 Å². The second-order valence-electron chi connectivity index (χ2n) is 3.32. The zero-order valence-corrected chi connectivity index (χ0v) is 9.20. The van der Waals surface area contributed by atoms with Gasteiger partial charge >= 0.3 is 0 Å². The third-order valence-corrected chi connectivity index (χ3v) is 2.52. The van der Waals surface area contributed by atoms with Gasteiger partial charge in [0.25, 0.3) is 0 Å². The summed E-state index contributed by atoms with van der Waals surface area (Å²) in [6.07, 6.45) is 0. The van der Waals surface area contributed by atoms with Gasteiger partial charge in [0.2, 0.25) is 0 Å². The first-order valence-corrected chi connectivity index (χ1v) is 5.48. The predicted octanol–water partition coefficient (Wildman–Crippen LogP) is 2.35. The molecule has 0 fully saturated rings. The summed E-state index contributed by atoms with van der Waals surface area (Å²) in [5.74, 6) is 0. The van der Waals surface area contributed by atoms with Crippen LogP contribution in [0.2, 0.25) is 0 Å². The van der Waals surface area contributed by atoms with Crippen molar-refractivity contribution in [1.29, 1.82) is 0 Å². The van der Waals surface area contributed by atoms with Gasteiger partial charge in [-0.1, -0.05) is 73.3 Å². The summed E-state index contributed by atoms with van der Waals surface area (Å²) >= 11 is 0. The molecule has 1 aliphatic rings. The summed E-state index contributed by atoms with van der Waals surface area (Å²) in [7, 11) is 2.24. The lowest BCUT2D eigenvalue weighted by molar-refractivity contribution is 1.50. The predicted molar refractivity (Wildman–Crippen MR) is 68.2 cm³/mol. The van der Waals surface area contributed by atoms with Crippen LogP contribution in [0, 0.1) is 0 Å². The molecule has 0 N–H and O–H groups in total. The Morgan fingerprint density at radius 2 is 1.07 bits per heavy atom. The Kier molecular flexibility index (Phi) is 2.91. The summed E-state index contributed by atoms with van der Waals surface area (Å²) < 4.78 is 0. The Labute approximate surface area is 92.2 Å². The number of hydrogen-bond donors (Lipinski definition) is 0. The lowest BCUT2D eigenvalue weighted by Gasteiger charge is -1.99. The van der Waals surface area contributed by atoms with E-state index in [0.29, 0.717) is 0 Å². The Morgan fingerprint density at radius 1 is 0.667 bits per heavy atom. The van der Waals surface area contributed by atoms with Crippen LogP contribution in [0.1, 0.15) is 13.8 Å². The van der Waals surface area contributed by atoms with E-state index >= 15 is 0 Å². The molecule has 0 atom stereocenters. The van der Waals surface area contributed by atoms with Crippen LogP contribution in [0.25, 0.3) is 11.1 Å². The number of rotatable bonds is 0. The van der Waals surface area contributed by atoms with E-state index in [0.717, 1.165) is 0 Å². The maximum absolute atomic E-state index is 2.24. The molecule has 1 aliphatic heterocycles. The van der Waals surface area contributed by atoms with E-state index in [1.54, 1.807) is 0 Å². The highest BCUT2D eigenvalue weighted by molar-refractivity contribution is 6.73. The Morgan fingerprint density at radius 3 is 1.53 bits per heavy atom. The Bertz CT molecular complexity index is 417. The van der Waals surface area contributed by atoms with Crippen LogP contribution in [0.5, 0.6) is 0 Å². The first-order valence-electron chi connectivity index (χ1n) is 5.48. The molecule has 0 amide bonds. The fourth-order valence-electron chi connectivity index (χ4n) is 1.90. The Hall–Kier alpha value is -1.50. The maximum Gasteiger partial charge on any atom is 0.193 e. The molecule has 0 unspecified atom stereocenters. The fourth-order valence-corrected chi connectivity index (χ4v) is 1.90. The molecule has 0 aromatic heterocycles. The van der Waals surface area contributed by atoms with E-state index in [1.807, 2.05) is 13.8 Å². The maximum atomic E-state index is 2.24. The van der Waals surface area contributed by atoms with Gasteiger partial charge in [-0.3, -0.25) is 0 Å². The highest BCUT2D eigenvalue weighted by atomic mass is 14.1. The molecule has 1 heterocycles. The van der Waals surface area contributed by atoms with Crippen LogP contribution in [-0.4, -0.2) is 7.28 Å². The lowest BCUT2D eigenvalue weighted by atomic mass is 9.68. The van der Waals surface area contributed by atoms with Crippen molar-refractivity contribution >= 4 is 18.2 Å². The van der Waals surface area contributed by atoms with Crippen LogP contribution in [0.3, 0.4) is 0 Å². The van der Waals surface area contributed by atoms with E-state index in [2.05, 4.69) is 55.8 Å². The molecular weight excluding hydrogens is 179 g/mol. The molecule has 1 radical (unpaired) electrons. The average molecular weight is 193 g/mol.